The van der Waals surface area contributed by atoms with Crippen molar-refractivity contribution < 1.29 is 14.4 Å². The van der Waals surface area contributed by atoms with E-state index >= 15 is 0 Å². The van der Waals surface area contributed by atoms with E-state index in [2.05, 4.69) is 10.3 Å². The van der Waals surface area contributed by atoms with Crippen LogP contribution in [0, 0.1) is 13.8 Å². The first-order valence-electron chi connectivity index (χ1n) is 11.2. The van der Waals surface area contributed by atoms with Gasteiger partial charge in [-0.2, -0.15) is 0 Å². The maximum Gasteiger partial charge on any atom is 0.243 e. The molecule has 178 valence electrons. The van der Waals surface area contributed by atoms with Crippen molar-refractivity contribution in [2.24, 2.45) is 4.99 Å². The minimum atomic E-state index is -0.597. The monoisotopic (exact) mass is 486 g/mol. The molecule has 0 spiro atoms. The van der Waals surface area contributed by atoms with Crippen LogP contribution in [-0.2, 0) is 16.1 Å². The summed E-state index contributed by atoms with van der Waals surface area (Å²) in [7, 11) is 0. The first kappa shape index (κ1) is 24.3. The van der Waals surface area contributed by atoms with Gasteiger partial charge in [-0.15, -0.1) is 0 Å². The van der Waals surface area contributed by atoms with Crippen molar-refractivity contribution in [1.29, 1.82) is 0 Å². The minimum Gasteiger partial charge on any atom is -0.326 e. The highest BCUT2D eigenvalue weighted by Crippen LogP contribution is 2.33. The van der Waals surface area contributed by atoms with Crippen LogP contribution in [0.3, 0.4) is 0 Å². The zero-order chi connectivity index (χ0) is 24.9. The number of carbonyl (C=O) groups excluding carboxylic acids is 3. The Bertz CT molecular complexity index is 1290. The normalized spacial score (nSPS) is 16.5. The van der Waals surface area contributed by atoms with Gasteiger partial charge in [0.05, 0.1) is 17.9 Å². The molecule has 2 heterocycles. The molecule has 4 rings (SSSR count). The molecule has 1 atom stereocenters. The smallest absolute Gasteiger partial charge is 0.243 e. The van der Waals surface area contributed by atoms with Crippen LogP contribution < -0.4 is 5.32 Å². The Kier molecular flexibility index (Phi) is 7.41. The number of hydrogen-bond donors (Lipinski definition) is 1. The standard InChI is InChI=1S/C27H26N4O3S/c1-17-7-12-23(18(2)14-17)30-27-31(16-22-6-4-5-13-28-22)26(34)24(35-27)15-25(33)29-21-10-8-20(9-11-21)19(3)32/h4-14,24H,15-16H2,1-3H3,(H,29,33). The summed E-state index contributed by atoms with van der Waals surface area (Å²) in [5.74, 6) is -0.498. The van der Waals surface area contributed by atoms with Gasteiger partial charge < -0.3 is 5.32 Å². The molecule has 1 N–H and O–H groups in total. The number of amidine groups is 1. The number of hydrogen-bond acceptors (Lipinski definition) is 6. The molecule has 1 fully saturated rings. The molecule has 1 aliphatic heterocycles. The lowest BCUT2D eigenvalue weighted by Crippen LogP contribution is -2.33. The van der Waals surface area contributed by atoms with Crippen LogP contribution in [0.5, 0.6) is 0 Å². The molecule has 1 aromatic heterocycles. The van der Waals surface area contributed by atoms with Gasteiger partial charge >= 0.3 is 0 Å². The van der Waals surface area contributed by atoms with Crippen molar-refractivity contribution in [3.05, 3.63) is 89.2 Å². The lowest BCUT2D eigenvalue weighted by molar-refractivity contribution is -0.128. The van der Waals surface area contributed by atoms with Crippen molar-refractivity contribution in [2.75, 3.05) is 5.32 Å². The molecule has 3 aromatic rings. The van der Waals surface area contributed by atoms with E-state index in [-0.39, 0.29) is 30.6 Å². The molecule has 35 heavy (non-hydrogen) atoms. The molecule has 0 aliphatic carbocycles. The number of benzene rings is 2. The number of Topliss-reactive ketones (excluding diaryl/α,β-unsaturated/α-hetero) is 1. The zero-order valence-electron chi connectivity index (χ0n) is 19.8. The number of rotatable bonds is 7. The second-order valence-corrected chi connectivity index (χ2v) is 9.59. The summed E-state index contributed by atoms with van der Waals surface area (Å²) < 4.78 is 0. The molecule has 7 nitrogen and oxygen atoms in total. The van der Waals surface area contributed by atoms with Crippen LogP contribution in [0.25, 0.3) is 0 Å². The van der Waals surface area contributed by atoms with Crippen molar-refractivity contribution >= 4 is 45.9 Å². The summed E-state index contributed by atoms with van der Waals surface area (Å²) in [6, 6.07) is 18.2. The van der Waals surface area contributed by atoms with Crippen LogP contribution in [0.2, 0.25) is 0 Å². The molecule has 0 radical (unpaired) electrons. The number of aryl methyl sites for hydroxylation is 2. The van der Waals surface area contributed by atoms with E-state index in [9.17, 15) is 14.4 Å². The van der Waals surface area contributed by atoms with Crippen molar-refractivity contribution in [2.45, 2.75) is 39.0 Å². The van der Waals surface area contributed by atoms with E-state index in [1.54, 1.807) is 35.4 Å². The average Bonchev–Trinajstić information content (AvgIpc) is 3.10. The van der Waals surface area contributed by atoms with E-state index in [0.717, 1.165) is 22.5 Å². The Morgan fingerprint density at radius 2 is 1.86 bits per heavy atom. The topological polar surface area (TPSA) is 91.7 Å². The highest BCUT2D eigenvalue weighted by atomic mass is 32.2. The molecule has 1 saturated heterocycles. The fraction of sp³-hybridized carbons (Fsp3) is 0.222. The average molecular weight is 487 g/mol. The molecule has 2 amide bonds. The Labute approximate surface area is 208 Å². The van der Waals surface area contributed by atoms with Crippen LogP contribution in [0.15, 0.2) is 71.9 Å². The van der Waals surface area contributed by atoms with E-state index in [1.807, 2.05) is 50.2 Å². The van der Waals surface area contributed by atoms with Gasteiger partial charge in [0.1, 0.15) is 5.25 Å². The first-order valence-corrected chi connectivity index (χ1v) is 12.1. The minimum absolute atomic E-state index is 0.00256. The van der Waals surface area contributed by atoms with Crippen LogP contribution in [-0.4, -0.2) is 37.9 Å². The number of ketones is 1. The number of aliphatic imine (C=N–C) groups is 1. The lowest BCUT2D eigenvalue weighted by Gasteiger charge is -2.16. The molecule has 1 unspecified atom stereocenters. The number of amides is 2. The predicted octanol–water partition coefficient (Wildman–Crippen LogP) is 5.06. The van der Waals surface area contributed by atoms with Gasteiger partial charge in [-0.1, -0.05) is 35.5 Å². The number of nitrogens with zero attached hydrogens (tertiary/aromatic N) is 3. The van der Waals surface area contributed by atoms with Crippen LogP contribution in [0.1, 0.15) is 40.5 Å². The number of carbonyl (C=O) groups is 3. The SMILES string of the molecule is CC(=O)c1ccc(NC(=O)CC2SC(=Nc3ccc(C)cc3C)N(Cc3ccccn3)C2=O)cc1. The summed E-state index contributed by atoms with van der Waals surface area (Å²) in [5.41, 5.74) is 4.82. The van der Waals surface area contributed by atoms with Gasteiger partial charge in [0, 0.05) is 23.9 Å². The lowest BCUT2D eigenvalue weighted by atomic mass is 10.1. The number of thioether (sulfide) groups is 1. The number of aromatic nitrogens is 1. The summed E-state index contributed by atoms with van der Waals surface area (Å²) >= 11 is 1.29. The van der Waals surface area contributed by atoms with Gasteiger partial charge in [-0.05, 0) is 68.8 Å². The Morgan fingerprint density at radius 1 is 1.09 bits per heavy atom. The third-order valence-corrected chi connectivity index (χ3v) is 6.76. The summed E-state index contributed by atoms with van der Waals surface area (Å²) in [5, 5.41) is 2.77. The van der Waals surface area contributed by atoms with E-state index in [0.29, 0.717) is 16.4 Å². The second kappa shape index (κ2) is 10.7. The zero-order valence-corrected chi connectivity index (χ0v) is 20.6. The van der Waals surface area contributed by atoms with Crippen molar-refractivity contribution in [3.63, 3.8) is 0 Å². The van der Waals surface area contributed by atoms with Gasteiger partial charge in [0.25, 0.3) is 0 Å². The quantitative estimate of drug-likeness (QED) is 0.471. The Morgan fingerprint density at radius 3 is 2.51 bits per heavy atom. The molecular formula is C27H26N4O3S. The molecule has 1 aliphatic rings. The van der Waals surface area contributed by atoms with E-state index < -0.39 is 5.25 Å². The molecule has 0 bridgehead atoms. The third-order valence-electron chi connectivity index (χ3n) is 5.58. The molecular weight excluding hydrogens is 460 g/mol. The van der Waals surface area contributed by atoms with Gasteiger partial charge in [-0.3, -0.25) is 24.3 Å². The third kappa shape index (κ3) is 6.02. The maximum absolute atomic E-state index is 13.3. The fourth-order valence-corrected chi connectivity index (χ4v) is 4.88. The predicted molar refractivity (Wildman–Crippen MR) is 139 cm³/mol. The summed E-state index contributed by atoms with van der Waals surface area (Å²) in [6.07, 6.45) is 1.69. The molecule has 2 aromatic carbocycles. The Balaban J connectivity index is 1.53. The van der Waals surface area contributed by atoms with Crippen molar-refractivity contribution in [3.8, 4) is 0 Å². The second-order valence-electron chi connectivity index (χ2n) is 8.42. The summed E-state index contributed by atoms with van der Waals surface area (Å²) in [6.45, 7) is 5.78. The van der Waals surface area contributed by atoms with E-state index in [1.165, 1.54) is 18.7 Å². The number of nitrogens with one attached hydrogen (secondary N) is 1. The largest absolute Gasteiger partial charge is 0.326 e. The highest BCUT2D eigenvalue weighted by molar-refractivity contribution is 8.15. The number of pyridine rings is 1. The van der Waals surface area contributed by atoms with Gasteiger partial charge in [0.2, 0.25) is 11.8 Å². The Hall–Kier alpha value is -3.78. The maximum atomic E-state index is 13.3. The highest BCUT2D eigenvalue weighted by Gasteiger charge is 2.39. The van der Waals surface area contributed by atoms with Crippen molar-refractivity contribution in [1.82, 2.24) is 9.88 Å². The van der Waals surface area contributed by atoms with Crippen LogP contribution in [0.4, 0.5) is 11.4 Å². The first-order chi connectivity index (χ1) is 16.8. The van der Waals surface area contributed by atoms with E-state index in [4.69, 9.17) is 4.99 Å². The summed E-state index contributed by atoms with van der Waals surface area (Å²) in [4.78, 5) is 48.3. The van der Waals surface area contributed by atoms with Gasteiger partial charge in [0.15, 0.2) is 11.0 Å². The fourth-order valence-electron chi connectivity index (χ4n) is 3.73. The molecule has 8 heteroatoms. The number of anilines is 1. The van der Waals surface area contributed by atoms with Crippen LogP contribution >= 0.6 is 11.8 Å². The molecule has 0 saturated carbocycles. The van der Waals surface area contributed by atoms with Gasteiger partial charge in [-0.25, -0.2) is 4.99 Å².